The molecule has 0 atom stereocenters. The normalized spacial score (nSPS) is 11.1. The summed E-state index contributed by atoms with van der Waals surface area (Å²) >= 11 is 6.76. The van der Waals surface area contributed by atoms with E-state index in [1.807, 2.05) is 6.07 Å². The molecule has 0 saturated heterocycles. The minimum atomic E-state index is -0.162. The van der Waals surface area contributed by atoms with Gasteiger partial charge in [-0.05, 0) is 18.2 Å². The van der Waals surface area contributed by atoms with Crippen molar-refractivity contribution in [1.29, 1.82) is 0 Å². The molecule has 0 bridgehead atoms. The summed E-state index contributed by atoms with van der Waals surface area (Å²) in [5, 5.41) is 0.867. The molecule has 5 heteroatoms. The Morgan fingerprint density at radius 2 is 2.12 bits per heavy atom. The number of nitrogens with zero attached hydrogens (tertiary/aromatic N) is 1. The van der Waals surface area contributed by atoms with Gasteiger partial charge in [-0.25, -0.2) is 4.39 Å². The molecule has 0 fully saturated rings. The first-order valence-corrected chi connectivity index (χ1v) is 7.30. The number of rotatable bonds is 7. The molecule has 0 aliphatic rings. The first kappa shape index (κ1) is 15.1. The van der Waals surface area contributed by atoms with Crippen LogP contribution >= 0.6 is 31.9 Å². The van der Waals surface area contributed by atoms with Crippen LogP contribution in [0, 0.1) is 5.82 Å². The Morgan fingerprint density at radius 3 is 2.76 bits per heavy atom. The molecule has 2 nitrogen and oxygen atoms in total. The van der Waals surface area contributed by atoms with Crippen molar-refractivity contribution in [3.05, 3.63) is 34.1 Å². The Balaban J connectivity index is 2.67. The van der Waals surface area contributed by atoms with Gasteiger partial charge in [0.05, 0.1) is 6.61 Å². The number of hydrogen-bond acceptors (Lipinski definition) is 2. The van der Waals surface area contributed by atoms with Gasteiger partial charge in [0.25, 0.3) is 0 Å². The summed E-state index contributed by atoms with van der Waals surface area (Å²) in [5.74, 6) is -0.162. The van der Waals surface area contributed by atoms with Gasteiger partial charge in [-0.1, -0.05) is 31.9 Å². The van der Waals surface area contributed by atoms with Crippen LogP contribution in [-0.4, -0.2) is 37.0 Å². The summed E-state index contributed by atoms with van der Waals surface area (Å²) < 4.78 is 19.6. The van der Waals surface area contributed by atoms with Gasteiger partial charge in [0, 0.05) is 42.1 Å². The van der Waals surface area contributed by atoms with E-state index in [0.717, 1.165) is 22.9 Å². The van der Waals surface area contributed by atoms with E-state index in [1.165, 1.54) is 6.07 Å². The summed E-state index contributed by atoms with van der Waals surface area (Å²) in [7, 11) is 1.67. The molecular weight excluding hydrogens is 353 g/mol. The first-order chi connectivity index (χ1) is 8.17. The van der Waals surface area contributed by atoms with Gasteiger partial charge in [0.1, 0.15) is 5.82 Å². The molecule has 1 aromatic carbocycles. The molecule has 0 aliphatic heterocycles. The minimum Gasteiger partial charge on any atom is -0.383 e. The van der Waals surface area contributed by atoms with Crippen molar-refractivity contribution in [2.75, 3.05) is 32.1 Å². The highest BCUT2D eigenvalue weighted by molar-refractivity contribution is 9.10. The van der Waals surface area contributed by atoms with Gasteiger partial charge in [0.15, 0.2) is 0 Å². The molecule has 0 radical (unpaired) electrons. The maximum Gasteiger partial charge on any atom is 0.127 e. The highest BCUT2D eigenvalue weighted by Crippen LogP contribution is 2.17. The Bertz CT molecular complexity index is 349. The molecule has 0 unspecified atom stereocenters. The average Bonchev–Trinajstić information content (AvgIpc) is 2.31. The second-order valence-corrected chi connectivity index (χ2v) is 5.40. The molecule has 96 valence electrons. The van der Waals surface area contributed by atoms with Crippen LogP contribution in [0.25, 0.3) is 0 Å². The summed E-state index contributed by atoms with van der Waals surface area (Å²) in [6.07, 6.45) is 0. The SMILES string of the molecule is COCCN(CCBr)Cc1cc(Br)ccc1F. The Labute approximate surface area is 118 Å². The predicted octanol–water partition coefficient (Wildman–Crippen LogP) is 3.43. The standard InChI is InChI=1S/C12H16Br2FNO/c1-17-7-6-16(5-4-13)9-10-8-11(14)2-3-12(10)15/h2-3,8H,4-7,9H2,1H3. The van der Waals surface area contributed by atoms with E-state index < -0.39 is 0 Å². The quantitative estimate of drug-likeness (QED) is 0.683. The number of hydrogen-bond donors (Lipinski definition) is 0. The summed E-state index contributed by atoms with van der Waals surface area (Å²) in [6.45, 7) is 2.92. The van der Waals surface area contributed by atoms with Gasteiger partial charge < -0.3 is 4.74 Å². The molecule has 1 aromatic rings. The second-order valence-electron chi connectivity index (χ2n) is 3.69. The van der Waals surface area contributed by atoms with E-state index in [-0.39, 0.29) is 5.82 Å². The van der Waals surface area contributed by atoms with Crippen LogP contribution in [0.4, 0.5) is 4.39 Å². The third kappa shape index (κ3) is 5.46. The maximum absolute atomic E-state index is 13.6. The van der Waals surface area contributed by atoms with Crippen molar-refractivity contribution in [2.45, 2.75) is 6.54 Å². The molecule has 17 heavy (non-hydrogen) atoms. The maximum atomic E-state index is 13.6. The Hall–Kier alpha value is 0.0300. The number of ether oxygens (including phenoxy) is 1. The van der Waals surface area contributed by atoms with Gasteiger partial charge in [-0.3, -0.25) is 4.90 Å². The van der Waals surface area contributed by atoms with Crippen LogP contribution in [0.2, 0.25) is 0 Å². The number of alkyl halides is 1. The predicted molar refractivity (Wildman–Crippen MR) is 75.0 cm³/mol. The molecule has 0 aliphatic carbocycles. The van der Waals surface area contributed by atoms with E-state index in [4.69, 9.17) is 4.74 Å². The fourth-order valence-electron chi connectivity index (χ4n) is 1.52. The monoisotopic (exact) mass is 367 g/mol. The zero-order valence-electron chi connectivity index (χ0n) is 9.76. The van der Waals surface area contributed by atoms with Crippen molar-refractivity contribution >= 4 is 31.9 Å². The molecule has 0 aromatic heterocycles. The Morgan fingerprint density at radius 1 is 1.35 bits per heavy atom. The second kappa shape index (κ2) is 8.19. The molecule has 0 heterocycles. The van der Waals surface area contributed by atoms with Crippen molar-refractivity contribution in [3.63, 3.8) is 0 Å². The summed E-state index contributed by atoms with van der Waals surface area (Å²) in [6, 6.07) is 5.02. The van der Waals surface area contributed by atoms with E-state index >= 15 is 0 Å². The third-order valence-corrected chi connectivity index (χ3v) is 3.26. The summed E-state index contributed by atoms with van der Waals surface area (Å²) in [4.78, 5) is 2.16. The van der Waals surface area contributed by atoms with Crippen molar-refractivity contribution in [3.8, 4) is 0 Å². The van der Waals surface area contributed by atoms with E-state index in [2.05, 4.69) is 36.8 Å². The number of benzene rings is 1. The zero-order chi connectivity index (χ0) is 12.7. The lowest BCUT2D eigenvalue weighted by Crippen LogP contribution is -2.29. The van der Waals surface area contributed by atoms with Crippen molar-refractivity contribution in [2.24, 2.45) is 0 Å². The first-order valence-electron chi connectivity index (χ1n) is 5.38. The van der Waals surface area contributed by atoms with Gasteiger partial charge >= 0.3 is 0 Å². The number of methoxy groups -OCH3 is 1. The summed E-state index contributed by atoms with van der Waals surface area (Å²) in [5.41, 5.74) is 0.705. The van der Waals surface area contributed by atoms with Gasteiger partial charge in [0.2, 0.25) is 0 Å². The van der Waals surface area contributed by atoms with E-state index in [0.29, 0.717) is 18.7 Å². The molecular formula is C12H16Br2FNO. The Kier molecular flexibility index (Phi) is 7.27. The average molecular weight is 369 g/mol. The van der Waals surface area contributed by atoms with Gasteiger partial charge in [-0.2, -0.15) is 0 Å². The highest BCUT2D eigenvalue weighted by atomic mass is 79.9. The molecule has 0 saturated carbocycles. The smallest absolute Gasteiger partial charge is 0.127 e. The van der Waals surface area contributed by atoms with E-state index in [1.54, 1.807) is 13.2 Å². The van der Waals surface area contributed by atoms with Crippen LogP contribution in [-0.2, 0) is 11.3 Å². The lowest BCUT2D eigenvalue weighted by atomic mass is 10.2. The minimum absolute atomic E-state index is 0.162. The van der Waals surface area contributed by atoms with E-state index in [9.17, 15) is 4.39 Å². The van der Waals surface area contributed by atoms with Crippen LogP contribution in [0.15, 0.2) is 22.7 Å². The topological polar surface area (TPSA) is 12.5 Å². The van der Waals surface area contributed by atoms with Crippen molar-refractivity contribution < 1.29 is 9.13 Å². The molecule has 0 spiro atoms. The molecule has 0 amide bonds. The van der Waals surface area contributed by atoms with Crippen LogP contribution in [0.3, 0.4) is 0 Å². The largest absolute Gasteiger partial charge is 0.383 e. The van der Waals surface area contributed by atoms with Crippen LogP contribution in [0.5, 0.6) is 0 Å². The zero-order valence-corrected chi connectivity index (χ0v) is 12.9. The lowest BCUT2D eigenvalue weighted by Gasteiger charge is -2.21. The molecule has 1 rings (SSSR count). The van der Waals surface area contributed by atoms with Crippen LogP contribution in [0.1, 0.15) is 5.56 Å². The number of halogens is 3. The highest BCUT2D eigenvalue weighted by Gasteiger charge is 2.09. The fraction of sp³-hybridized carbons (Fsp3) is 0.500. The molecule has 0 N–H and O–H groups in total. The lowest BCUT2D eigenvalue weighted by molar-refractivity contribution is 0.147. The van der Waals surface area contributed by atoms with Crippen molar-refractivity contribution in [1.82, 2.24) is 4.90 Å². The van der Waals surface area contributed by atoms with Gasteiger partial charge in [-0.15, -0.1) is 0 Å². The third-order valence-electron chi connectivity index (χ3n) is 2.41. The van der Waals surface area contributed by atoms with Crippen LogP contribution < -0.4 is 0 Å². The fourth-order valence-corrected chi connectivity index (χ4v) is 2.43.